The predicted octanol–water partition coefficient (Wildman–Crippen LogP) is 2.35. The van der Waals surface area contributed by atoms with Gasteiger partial charge in [0.15, 0.2) is 0 Å². The molecule has 2 rings (SSSR count). The van der Waals surface area contributed by atoms with E-state index in [4.69, 9.17) is 11.1 Å². The van der Waals surface area contributed by atoms with Gasteiger partial charge in [0.25, 0.3) is 11.8 Å². The van der Waals surface area contributed by atoms with Crippen LogP contribution in [0.4, 0.5) is 0 Å². The molecule has 2 heterocycles. The van der Waals surface area contributed by atoms with Gasteiger partial charge in [0.2, 0.25) is 0 Å². The first kappa shape index (κ1) is 19.1. The minimum Gasteiger partial charge on any atom is -0.365 e. The maximum atomic E-state index is 12.6. The third-order valence-electron chi connectivity index (χ3n) is 3.66. The van der Waals surface area contributed by atoms with Crippen molar-refractivity contribution in [2.75, 3.05) is 0 Å². The van der Waals surface area contributed by atoms with Crippen LogP contribution in [0.1, 0.15) is 13.8 Å². The van der Waals surface area contributed by atoms with Gasteiger partial charge in [0, 0.05) is 23.2 Å². The van der Waals surface area contributed by atoms with E-state index >= 15 is 0 Å². The van der Waals surface area contributed by atoms with Crippen LogP contribution in [-0.2, 0) is 9.59 Å². The summed E-state index contributed by atoms with van der Waals surface area (Å²) in [4.78, 5) is 25.2. The predicted molar refractivity (Wildman–Crippen MR) is 105 cm³/mol. The second-order valence-corrected chi connectivity index (χ2v) is 7.59. The molecule has 0 aromatic rings. The average molecular weight is 377 g/mol. The molecular formula is C17H20N4O2S2. The van der Waals surface area contributed by atoms with Crippen molar-refractivity contribution in [3.63, 3.8) is 0 Å². The second-order valence-electron chi connectivity index (χ2n) is 5.36. The summed E-state index contributed by atoms with van der Waals surface area (Å²) in [5.74, 6) is -0.894. The van der Waals surface area contributed by atoms with E-state index in [1.165, 1.54) is 23.5 Å². The maximum Gasteiger partial charge on any atom is 0.256 e. The molecule has 0 aliphatic carbocycles. The molecular weight excluding hydrogens is 356 g/mol. The van der Waals surface area contributed by atoms with Crippen LogP contribution in [0.3, 0.4) is 0 Å². The molecule has 0 aromatic heterocycles. The van der Waals surface area contributed by atoms with Gasteiger partial charge in [-0.2, -0.15) is 0 Å². The van der Waals surface area contributed by atoms with E-state index in [2.05, 4.69) is 17.2 Å². The smallest absolute Gasteiger partial charge is 0.256 e. The number of allylic oxidation sites excluding steroid dienone is 3. The fourth-order valence-corrected chi connectivity index (χ4v) is 4.47. The molecule has 0 spiro atoms. The summed E-state index contributed by atoms with van der Waals surface area (Å²) in [5, 5.41) is 13.8. The number of nitrogens with one attached hydrogen (secondary N) is 3. The van der Waals surface area contributed by atoms with Crippen LogP contribution in [0.5, 0.6) is 0 Å². The summed E-state index contributed by atoms with van der Waals surface area (Å²) >= 11 is 2.61. The van der Waals surface area contributed by atoms with Crippen molar-refractivity contribution in [3.05, 3.63) is 57.0 Å². The molecule has 2 unspecified atom stereocenters. The van der Waals surface area contributed by atoms with Gasteiger partial charge in [-0.15, -0.1) is 0 Å². The van der Waals surface area contributed by atoms with Gasteiger partial charge in [0.1, 0.15) is 0 Å². The van der Waals surface area contributed by atoms with E-state index in [9.17, 15) is 9.59 Å². The molecule has 25 heavy (non-hydrogen) atoms. The Morgan fingerprint density at radius 1 is 1.44 bits per heavy atom. The van der Waals surface area contributed by atoms with E-state index < -0.39 is 5.91 Å². The summed E-state index contributed by atoms with van der Waals surface area (Å²) in [7, 11) is 0. The zero-order valence-electron chi connectivity index (χ0n) is 14.0. The first-order chi connectivity index (χ1) is 11.9. The maximum absolute atomic E-state index is 12.6. The van der Waals surface area contributed by atoms with Crippen LogP contribution in [-0.4, -0.2) is 23.4 Å². The molecule has 2 aliphatic rings. The zero-order valence-corrected chi connectivity index (χ0v) is 15.6. The Hall–Kier alpha value is -2.19. The lowest BCUT2D eigenvalue weighted by atomic mass is 10.1. The second kappa shape index (κ2) is 8.26. The molecule has 2 amide bonds. The summed E-state index contributed by atoms with van der Waals surface area (Å²) in [6.45, 7) is 7.57. The highest BCUT2D eigenvalue weighted by molar-refractivity contribution is 8.07. The highest BCUT2D eigenvalue weighted by Crippen LogP contribution is 2.37. The van der Waals surface area contributed by atoms with Crippen LogP contribution < -0.4 is 16.4 Å². The molecule has 0 radical (unpaired) electrons. The lowest BCUT2D eigenvalue weighted by molar-refractivity contribution is -0.117. The first-order valence-electron chi connectivity index (χ1n) is 7.58. The monoisotopic (exact) mass is 376 g/mol. The molecule has 6 nitrogen and oxygen atoms in total. The molecule has 0 saturated carbocycles. The fraction of sp³-hybridized carbons (Fsp3) is 0.235. The van der Waals surface area contributed by atoms with Crippen molar-refractivity contribution in [2.45, 2.75) is 19.2 Å². The Kier molecular flexibility index (Phi) is 6.33. The van der Waals surface area contributed by atoms with Crippen LogP contribution in [0.15, 0.2) is 57.0 Å². The van der Waals surface area contributed by atoms with Crippen LogP contribution in [0.25, 0.3) is 0 Å². The van der Waals surface area contributed by atoms with Gasteiger partial charge in [-0.05, 0) is 12.5 Å². The lowest BCUT2D eigenvalue weighted by Crippen LogP contribution is -2.36. The van der Waals surface area contributed by atoms with E-state index in [1.54, 1.807) is 18.4 Å². The van der Waals surface area contributed by atoms with Gasteiger partial charge in [0.05, 0.1) is 20.9 Å². The molecule has 5 N–H and O–H groups in total. The van der Waals surface area contributed by atoms with Gasteiger partial charge in [-0.1, -0.05) is 55.3 Å². The SMILES string of the molecule is C=C/C(=C\C)C1=CN/C(=C(\C=N)C(=O)NC2SC(C(N)=O)=CC2C)S1. The number of thioether (sulfide) groups is 2. The van der Waals surface area contributed by atoms with Crippen molar-refractivity contribution < 1.29 is 9.59 Å². The normalized spacial score (nSPS) is 24.8. The van der Waals surface area contributed by atoms with Crippen molar-refractivity contribution >= 4 is 41.6 Å². The Morgan fingerprint density at radius 2 is 2.16 bits per heavy atom. The number of hydrogen-bond donors (Lipinski definition) is 4. The highest BCUT2D eigenvalue weighted by Gasteiger charge is 2.30. The Labute approximate surface area is 155 Å². The summed E-state index contributed by atoms with van der Waals surface area (Å²) in [6.07, 6.45) is 8.22. The summed E-state index contributed by atoms with van der Waals surface area (Å²) in [6, 6.07) is 0. The Balaban J connectivity index is 2.09. The number of carbonyl (C=O) groups is 2. The summed E-state index contributed by atoms with van der Waals surface area (Å²) in [5.41, 5.74) is 6.47. The molecule has 132 valence electrons. The van der Waals surface area contributed by atoms with Crippen LogP contribution in [0.2, 0.25) is 0 Å². The third-order valence-corrected chi connectivity index (χ3v) is 6.16. The first-order valence-corrected chi connectivity index (χ1v) is 9.28. The van der Waals surface area contributed by atoms with Crippen molar-refractivity contribution in [3.8, 4) is 0 Å². The topological polar surface area (TPSA) is 108 Å². The van der Waals surface area contributed by atoms with E-state index in [0.29, 0.717) is 9.93 Å². The summed E-state index contributed by atoms with van der Waals surface area (Å²) < 4.78 is 0. The van der Waals surface area contributed by atoms with Crippen molar-refractivity contribution in [1.29, 1.82) is 5.41 Å². The molecule has 0 fully saturated rings. The molecule has 8 heteroatoms. The van der Waals surface area contributed by atoms with Gasteiger partial charge < -0.3 is 21.8 Å². The fourth-order valence-electron chi connectivity index (χ4n) is 2.29. The number of amides is 2. The molecule has 0 saturated heterocycles. The Morgan fingerprint density at radius 3 is 2.68 bits per heavy atom. The van der Waals surface area contributed by atoms with Crippen LogP contribution >= 0.6 is 23.5 Å². The quantitative estimate of drug-likeness (QED) is 0.323. The molecule has 0 aromatic carbocycles. The molecule has 2 atom stereocenters. The lowest BCUT2D eigenvalue weighted by Gasteiger charge is -2.17. The minimum absolute atomic E-state index is 0.0262. The number of carbonyl (C=O) groups excluding carboxylic acids is 2. The van der Waals surface area contributed by atoms with Gasteiger partial charge in [-0.25, -0.2) is 0 Å². The van der Waals surface area contributed by atoms with E-state index in [-0.39, 0.29) is 22.8 Å². The number of primary amides is 1. The molecule has 0 bridgehead atoms. The average Bonchev–Trinajstić information content (AvgIpc) is 3.18. The standard InChI is InChI=1S/C17H20N4O2S2/c1-4-10(5-2)13-8-20-17(25-13)11(7-18)15(23)21-16-9(3)6-12(24-16)14(19)22/h4-9,16,18,20H,1H2,2-3H3,(H2,19,22)(H,21,23)/b10-5+,17-11-,18-7?. The highest BCUT2D eigenvalue weighted by atomic mass is 32.2. The third kappa shape index (κ3) is 4.26. The molecule has 2 aliphatic heterocycles. The van der Waals surface area contributed by atoms with Crippen LogP contribution in [0, 0.1) is 11.3 Å². The van der Waals surface area contributed by atoms with Gasteiger partial charge >= 0.3 is 0 Å². The number of rotatable bonds is 6. The zero-order chi connectivity index (χ0) is 18.6. The van der Waals surface area contributed by atoms with E-state index in [1.807, 2.05) is 19.9 Å². The van der Waals surface area contributed by atoms with Crippen molar-refractivity contribution in [1.82, 2.24) is 10.6 Å². The van der Waals surface area contributed by atoms with E-state index in [0.717, 1.165) is 16.7 Å². The largest absolute Gasteiger partial charge is 0.365 e. The van der Waals surface area contributed by atoms with Crippen molar-refractivity contribution in [2.24, 2.45) is 11.7 Å². The number of hydrogen-bond acceptors (Lipinski definition) is 6. The Bertz CT molecular complexity index is 750. The minimum atomic E-state index is -0.496. The number of nitrogens with two attached hydrogens (primary N) is 1. The van der Waals surface area contributed by atoms with Gasteiger partial charge in [-0.3, -0.25) is 9.59 Å².